The van der Waals surface area contributed by atoms with Gasteiger partial charge in [0.25, 0.3) is 0 Å². The fourth-order valence-electron chi connectivity index (χ4n) is 3.29. The second-order valence-corrected chi connectivity index (χ2v) is 5.93. The molecule has 1 unspecified atom stereocenters. The van der Waals surface area contributed by atoms with E-state index in [0.717, 1.165) is 30.8 Å². The van der Waals surface area contributed by atoms with Gasteiger partial charge in [0.2, 0.25) is 0 Å². The largest absolute Gasteiger partial charge is 0.493 e. The van der Waals surface area contributed by atoms with Crippen LogP contribution in [0.5, 0.6) is 5.75 Å². The summed E-state index contributed by atoms with van der Waals surface area (Å²) in [5.41, 5.74) is 0.860. The van der Waals surface area contributed by atoms with Crippen LogP contribution in [0.25, 0.3) is 0 Å². The second kappa shape index (κ2) is 7.67. The lowest BCUT2D eigenvalue weighted by molar-refractivity contribution is 0.126. The van der Waals surface area contributed by atoms with Crippen LogP contribution in [0.15, 0.2) is 6.20 Å². The van der Waals surface area contributed by atoms with Crippen molar-refractivity contribution in [2.24, 2.45) is 5.92 Å². The van der Waals surface area contributed by atoms with E-state index in [2.05, 4.69) is 12.0 Å². The number of methoxy groups -OCH3 is 1. The first kappa shape index (κ1) is 15.4. The zero-order valence-electron chi connectivity index (χ0n) is 12.8. The quantitative estimate of drug-likeness (QED) is 0.808. The topological polar surface area (TPSA) is 47.3 Å². The van der Waals surface area contributed by atoms with Gasteiger partial charge in [-0.1, -0.05) is 45.4 Å². The van der Waals surface area contributed by atoms with Crippen LogP contribution in [-0.2, 0) is 6.54 Å². The third-order valence-electron chi connectivity index (χ3n) is 4.35. The van der Waals surface area contributed by atoms with Crippen molar-refractivity contribution in [2.45, 2.75) is 70.9 Å². The first-order valence-electron chi connectivity index (χ1n) is 8.04. The van der Waals surface area contributed by atoms with Crippen molar-refractivity contribution >= 4 is 0 Å². The highest BCUT2D eigenvalue weighted by Gasteiger charge is 2.23. The Hall–Kier alpha value is -1.03. The molecule has 20 heavy (non-hydrogen) atoms. The van der Waals surface area contributed by atoms with Crippen molar-refractivity contribution in [1.82, 2.24) is 9.78 Å². The second-order valence-electron chi connectivity index (χ2n) is 5.93. The summed E-state index contributed by atoms with van der Waals surface area (Å²) in [6, 6.07) is 0. The van der Waals surface area contributed by atoms with Crippen molar-refractivity contribution in [1.29, 1.82) is 0 Å². The van der Waals surface area contributed by atoms with Crippen LogP contribution in [0.1, 0.15) is 70.1 Å². The molecule has 1 heterocycles. The van der Waals surface area contributed by atoms with Crippen LogP contribution in [-0.4, -0.2) is 22.0 Å². The van der Waals surface area contributed by atoms with E-state index < -0.39 is 6.10 Å². The third-order valence-corrected chi connectivity index (χ3v) is 4.35. The molecule has 1 aromatic rings. The highest BCUT2D eigenvalue weighted by Crippen LogP contribution is 2.34. The summed E-state index contributed by atoms with van der Waals surface area (Å²) in [4.78, 5) is 0. The predicted octanol–water partition coefficient (Wildman–Crippen LogP) is 3.70. The Morgan fingerprint density at radius 2 is 2.05 bits per heavy atom. The van der Waals surface area contributed by atoms with E-state index in [4.69, 9.17) is 4.74 Å². The van der Waals surface area contributed by atoms with Gasteiger partial charge in [-0.05, 0) is 18.8 Å². The van der Waals surface area contributed by atoms with Gasteiger partial charge in [0, 0.05) is 6.54 Å². The molecule has 4 nitrogen and oxygen atoms in total. The minimum atomic E-state index is -0.456. The number of hydrogen-bond donors (Lipinski definition) is 1. The molecule has 4 heteroatoms. The summed E-state index contributed by atoms with van der Waals surface area (Å²) in [5, 5.41) is 15.0. The number of aryl methyl sites for hydroxylation is 1. The molecule has 1 fully saturated rings. The molecule has 1 aliphatic rings. The number of rotatable bonds is 6. The average molecular weight is 280 g/mol. The Morgan fingerprint density at radius 1 is 1.35 bits per heavy atom. The fraction of sp³-hybridized carbons (Fsp3) is 0.812. The van der Waals surface area contributed by atoms with Gasteiger partial charge in [-0.15, -0.1) is 0 Å². The molecule has 114 valence electrons. The van der Waals surface area contributed by atoms with Gasteiger partial charge in [0.15, 0.2) is 5.75 Å². The molecule has 1 aliphatic carbocycles. The SMILES string of the molecule is CCCn1ncc(OC)c1C(O)CC1CCCCCC1. The van der Waals surface area contributed by atoms with Gasteiger partial charge in [-0.25, -0.2) is 0 Å². The Balaban J connectivity index is 2.06. The summed E-state index contributed by atoms with van der Waals surface area (Å²) < 4.78 is 7.27. The molecule has 0 amide bonds. The van der Waals surface area contributed by atoms with E-state index in [1.807, 2.05) is 4.68 Å². The Labute approximate surface area is 122 Å². The monoisotopic (exact) mass is 280 g/mol. The molecule has 2 rings (SSSR count). The van der Waals surface area contributed by atoms with Crippen LogP contribution in [0.4, 0.5) is 0 Å². The molecule has 0 aliphatic heterocycles. The number of aliphatic hydroxyl groups excluding tert-OH is 1. The standard InChI is InChI=1S/C16H28N2O2/c1-3-10-18-16(15(20-2)12-17-18)14(19)11-13-8-6-4-5-7-9-13/h12-14,19H,3-11H2,1-2H3. The molecule has 0 aromatic carbocycles. The highest BCUT2D eigenvalue weighted by molar-refractivity contribution is 5.27. The molecule has 0 spiro atoms. The zero-order chi connectivity index (χ0) is 14.4. The van der Waals surface area contributed by atoms with Crippen LogP contribution in [0, 0.1) is 5.92 Å². The lowest BCUT2D eigenvalue weighted by Gasteiger charge is -2.20. The minimum Gasteiger partial charge on any atom is -0.493 e. The van der Waals surface area contributed by atoms with Crippen molar-refractivity contribution < 1.29 is 9.84 Å². The fourth-order valence-corrected chi connectivity index (χ4v) is 3.29. The molecule has 0 radical (unpaired) electrons. The molecule has 0 bridgehead atoms. The van der Waals surface area contributed by atoms with Gasteiger partial charge < -0.3 is 9.84 Å². The van der Waals surface area contributed by atoms with Gasteiger partial charge in [-0.2, -0.15) is 5.10 Å². The van der Waals surface area contributed by atoms with E-state index in [-0.39, 0.29) is 0 Å². The van der Waals surface area contributed by atoms with Crippen molar-refractivity contribution in [3.63, 3.8) is 0 Å². The third kappa shape index (κ3) is 3.75. The van der Waals surface area contributed by atoms with Crippen molar-refractivity contribution in [3.8, 4) is 5.75 Å². The summed E-state index contributed by atoms with van der Waals surface area (Å²) in [7, 11) is 1.65. The molecule has 1 atom stereocenters. The predicted molar refractivity (Wildman–Crippen MR) is 79.8 cm³/mol. The summed E-state index contributed by atoms with van der Waals surface area (Å²) in [6.07, 6.45) is 10.9. The molecular formula is C16H28N2O2. The van der Waals surface area contributed by atoms with Crippen LogP contribution in [0.2, 0.25) is 0 Å². The molecule has 1 N–H and O–H groups in total. The van der Waals surface area contributed by atoms with E-state index in [1.54, 1.807) is 13.3 Å². The zero-order valence-corrected chi connectivity index (χ0v) is 12.8. The Bertz CT molecular complexity index is 395. The van der Waals surface area contributed by atoms with E-state index >= 15 is 0 Å². The first-order chi connectivity index (χ1) is 9.76. The number of nitrogens with zero attached hydrogens (tertiary/aromatic N) is 2. The first-order valence-corrected chi connectivity index (χ1v) is 8.04. The molecule has 1 aromatic heterocycles. The molecule has 1 saturated carbocycles. The number of hydrogen-bond acceptors (Lipinski definition) is 3. The Morgan fingerprint density at radius 3 is 2.65 bits per heavy atom. The normalized spacial score (nSPS) is 18.8. The maximum Gasteiger partial charge on any atom is 0.162 e. The van der Waals surface area contributed by atoms with E-state index in [0.29, 0.717) is 5.92 Å². The van der Waals surface area contributed by atoms with E-state index in [9.17, 15) is 5.11 Å². The summed E-state index contributed by atoms with van der Waals surface area (Å²) in [6.45, 7) is 2.95. The number of aliphatic hydroxyl groups is 1. The lowest BCUT2D eigenvalue weighted by Crippen LogP contribution is -2.13. The van der Waals surface area contributed by atoms with Gasteiger partial charge in [0.05, 0.1) is 19.4 Å². The van der Waals surface area contributed by atoms with E-state index in [1.165, 1.54) is 38.5 Å². The van der Waals surface area contributed by atoms with Crippen molar-refractivity contribution in [2.75, 3.05) is 7.11 Å². The molecule has 0 saturated heterocycles. The summed E-state index contributed by atoms with van der Waals surface area (Å²) in [5.74, 6) is 1.36. The number of ether oxygens (including phenoxy) is 1. The molecular weight excluding hydrogens is 252 g/mol. The smallest absolute Gasteiger partial charge is 0.162 e. The minimum absolute atomic E-state index is 0.456. The van der Waals surface area contributed by atoms with Crippen LogP contribution >= 0.6 is 0 Å². The van der Waals surface area contributed by atoms with Gasteiger partial charge in [-0.3, -0.25) is 4.68 Å². The highest BCUT2D eigenvalue weighted by atomic mass is 16.5. The van der Waals surface area contributed by atoms with Gasteiger partial charge >= 0.3 is 0 Å². The van der Waals surface area contributed by atoms with Crippen LogP contribution < -0.4 is 4.74 Å². The lowest BCUT2D eigenvalue weighted by atomic mass is 9.92. The Kier molecular flexibility index (Phi) is 5.89. The van der Waals surface area contributed by atoms with Crippen molar-refractivity contribution in [3.05, 3.63) is 11.9 Å². The number of aromatic nitrogens is 2. The summed E-state index contributed by atoms with van der Waals surface area (Å²) >= 11 is 0. The van der Waals surface area contributed by atoms with Crippen LogP contribution in [0.3, 0.4) is 0 Å². The average Bonchev–Trinajstić information content (AvgIpc) is 2.67. The maximum atomic E-state index is 10.6. The maximum absolute atomic E-state index is 10.6. The van der Waals surface area contributed by atoms with Gasteiger partial charge in [0.1, 0.15) is 5.69 Å².